The monoisotopic (exact) mass is 296 g/mol. The van der Waals surface area contributed by atoms with Gasteiger partial charge in [0.05, 0.1) is 18.1 Å². The molecule has 0 aliphatic heterocycles. The van der Waals surface area contributed by atoms with Crippen LogP contribution in [0.1, 0.15) is 31.1 Å². The van der Waals surface area contributed by atoms with Gasteiger partial charge in [0.2, 0.25) is 0 Å². The van der Waals surface area contributed by atoms with Crippen LogP contribution in [0.2, 0.25) is 0 Å². The minimum absolute atomic E-state index is 0.0773. The zero-order valence-corrected chi connectivity index (χ0v) is 12.4. The Labute approximate surface area is 123 Å². The van der Waals surface area contributed by atoms with Crippen molar-refractivity contribution >= 4 is 11.6 Å². The molecule has 1 aromatic carbocycles. The molecule has 0 fully saturated rings. The number of nitro groups is 1. The highest BCUT2D eigenvalue weighted by Crippen LogP contribution is 2.30. The fourth-order valence-corrected chi connectivity index (χ4v) is 2.01. The Hall–Kier alpha value is -2.15. The molecule has 0 atom stereocenters. The minimum Gasteiger partial charge on any atom is -0.493 e. The van der Waals surface area contributed by atoms with E-state index in [9.17, 15) is 14.9 Å². The number of carbonyl (C=O) groups excluding carboxylic acids is 1. The van der Waals surface area contributed by atoms with Gasteiger partial charge in [0.25, 0.3) is 11.6 Å². The van der Waals surface area contributed by atoms with Crippen LogP contribution in [0.3, 0.4) is 0 Å². The summed E-state index contributed by atoms with van der Waals surface area (Å²) in [6, 6.07) is 4.08. The molecule has 0 unspecified atom stereocenters. The van der Waals surface area contributed by atoms with Gasteiger partial charge in [-0.25, -0.2) is 0 Å². The van der Waals surface area contributed by atoms with Crippen LogP contribution < -0.4 is 4.74 Å². The van der Waals surface area contributed by atoms with E-state index in [-0.39, 0.29) is 36.2 Å². The first kappa shape index (κ1) is 16.9. The van der Waals surface area contributed by atoms with E-state index < -0.39 is 10.8 Å². The molecular weight excluding hydrogens is 276 g/mol. The van der Waals surface area contributed by atoms with Crippen molar-refractivity contribution in [3.63, 3.8) is 0 Å². The highest BCUT2D eigenvalue weighted by atomic mass is 16.6. The summed E-state index contributed by atoms with van der Waals surface area (Å²) in [5, 5.41) is 20.2. The second kappa shape index (κ2) is 7.58. The average Bonchev–Trinajstić information content (AvgIpc) is 2.43. The number of hydrogen-bond donors (Lipinski definition) is 1. The normalized spacial score (nSPS) is 10.5. The predicted octanol–water partition coefficient (Wildman–Crippen LogP) is 1.84. The summed E-state index contributed by atoms with van der Waals surface area (Å²) in [5.41, 5.74) is -0.374. The predicted molar refractivity (Wildman–Crippen MR) is 77.5 cm³/mol. The molecule has 0 bridgehead atoms. The number of aliphatic hydroxyl groups excluding tert-OH is 1. The van der Waals surface area contributed by atoms with E-state index in [1.807, 2.05) is 0 Å². The topological polar surface area (TPSA) is 92.9 Å². The Balaban J connectivity index is 3.36. The van der Waals surface area contributed by atoms with Crippen LogP contribution in [0.5, 0.6) is 5.75 Å². The highest BCUT2D eigenvalue weighted by Gasteiger charge is 2.29. The first-order valence-corrected chi connectivity index (χ1v) is 6.76. The number of nitro benzene ring substituents is 1. The summed E-state index contributed by atoms with van der Waals surface area (Å²) in [5.74, 6) is -0.338. The van der Waals surface area contributed by atoms with E-state index in [2.05, 4.69) is 0 Å². The van der Waals surface area contributed by atoms with Gasteiger partial charge in [-0.3, -0.25) is 14.9 Å². The number of hydrogen-bond acceptors (Lipinski definition) is 5. The van der Waals surface area contributed by atoms with Crippen LogP contribution >= 0.6 is 0 Å². The van der Waals surface area contributed by atoms with Crippen molar-refractivity contribution < 1.29 is 19.6 Å². The summed E-state index contributed by atoms with van der Waals surface area (Å²) >= 11 is 0. The standard InChI is InChI=1S/C14H20N2O5/c1-4-21-12-7-5-6-11(16(19)20)13(12)14(18)15(8-9-17)10(2)3/h5-7,10,17H,4,8-9H2,1-3H3. The van der Waals surface area contributed by atoms with E-state index in [1.165, 1.54) is 23.1 Å². The average molecular weight is 296 g/mol. The van der Waals surface area contributed by atoms with E-state index in [0.29, 0.717) is 6.61 Å². The van der Waals surface area contributed by atoms with Crippen molar-refractivity contribution in [1.82, 2.24) is 4.90 Å². The molecule has 7 heteroatoms. The van der Waals surface area contributed by atoms with Crippen molar-refractivity contribution in [2.24, 2.45) is 0 Å². The number of nitrogens with zero attached hydrogens (tertiary/aromatic N) is 2. The van der Waals surface area contributed by atoms with Crippen LogP contribution in [-0.4, -0.2) is 46.6 Å². The van der Waals surface area contributed by atoms with Gasteiger partial charge in [0, 0.05) is 18.7 Å². The van der Waals surface area contributed by atoms with Crippen LogP contribution in [0.15, 0.2) is 18.2 Å². The third-order valence-electron chi connectivity index (χ3n) is 2.94. The smallest absolute Gasteiger partial charge is 0.285 e. The SMILES string of the molecule is CCOc1cccc([N+](=O)[O-])c1C(=O)N(CCO)C(C)C. The fourth-order valence-electron chi connectivity index (χ4n) is 2.01. The van der Waals surface area contributed by atoms with Crippen LogP contribution in [0.25, 0.3) is 0 Å². The fraction of sp³-hybridized carbons (Fsp3) is 0.500. The maximum absolute atomic E-state index is 12.6. The second-order valence-corrected chi connectivity index (χ2v) is 4.66. The molecule has 0 saturated carbocycles. The third kappa shape index (κ3) is 3.91. The quantitative estimate of drug-likeness (QED) is 0.612. The van der Waals surface area contributed by atoms with Crippen molar-refractivity contribution in [1.29, 1.82) is 0 Å². The van der Waals surface area contributed by atoms with Gasteiger partial charge in [-0.15, -0.1) is 0 Å². The van der Waals surface area contributed by atoms with E-state index >= 15 is 0 Å². The molecule has 7 nitrogen and oxygen atoms in total. The van der Waals surface area contributed by atoms with Crippen LogP contribution in [-0.2, 0) is 0 Å². The molecule has 0 aliphatic rings. The number of ether oxygens (including phenoxy) is 1. The number of carbonyl (C=O) groups is 1. The lowest BCUT2D eigenvalue weighted by Crippen LogP contribution is -2.39. The van der Waals surface area contributed by atoms with Gasteiger partial charge in [-0.1, -0.05) is 6.07 Å². The first-order valence-electron chi connectivity index (χ1n) is 6.76. The second-order valence-electron chi connectivity index (χ2n) is 4.66. The first-order chi connectivity index (χ1) is 9.93. The van der Waals surface area contributed by atoms with Crippen molar-refractivity contribution in [2.45, 2.75) is 26.8 Å². The van der Waals surface area contributed by atoms with E-state index in [1.54, 1.807) is 20.8 Å². The molecule has 116 valence electrons. The molecule has 1 N–H and O–H groups in total. The summed E-state index contributed by atoms with van der Waals surface area (Å²) in [6.45, 7) is 5.48. The lowest BCUT2D eigenvalue weighted by atomic mass is 10.1. The Morgan fingerprint density at radius 3 is 2.62 bits per heavy atom. The van der Waals surface area contributed by atoms with Gasteiger partial charge in [0.1, 0.15) is 5.75 Å². The molecule has 1 amide bonds. The van der Waals surface area contributed by atoms with Crippen molar-refractivity contribution in [2.75, 3.05) is 19.8 Å². The van der Waals surface area contributed by atoms with Gasteiger partial charge in [0.15, 0.2) is 5.56 Å². The molecule has 21 heavy (non-hydrogen) atoms. The van der Waals surface area contributed by atoms with E-state index in [4.69, 9.17) is 9.84 Å². The molecule has 0 radical (unpaired) electrons. The molecule has 0 heterocycles. The maximum Gasteiger partial charge on any atom is 0.285 e. The van der Waals surface area contributed by atoms with E-state index in [0.717, 1.165) is 0 Å². The Morgan fingerprint density at radius 1 is 1.48 bits per heavy atom. The lowest BCUT2D eigenvalue weighted by molar-refractivity contribution is -0.385. The summed E-state index contributed by atoms with van der Waals surface area (Å²) < 4.78 is 5.34. The summed E-state index contributed by atoms with van der Waals surface area (Å²) in [6.07, 6.45) is 0. The lowest BCUT2D eigenvalue weighted by Gasteiger charge is -2.26. The summed E-state index contributed by atoms with van der Waals surface area (Å²) in [4.78, 5) is 24.6. The molecule has 0 saturated heterocycles. The zero-order valence-electron chi connectivity index (χ0n) is 12.4. The Bertz CT molecular complexity index is 516. The number of rotatable bonds is 7. The highest BCUT2D eigenvalue weighted by molar-refractivity contribution is 6.01. The number of benzene rings is 1. The Morgan fingerprint density at radius 2 is 2.14 bits per heavy atom. The molecule has 1 rings (SSSR count). The van der Waals surface area contributed by atoms with Crippen LogP contribution in [0.4, 0.5) is 5.69 Å². The Kier molecular flexibility index (Phi) is 6.10. The molecule has 0 aliphatic carbocycles. The molecule has 1 aromatic rings. The molecular formula is C14H20N2O5. The van der Waals surface area contributed by atoms with Gasteiger partial charge < -0.3 is 14.7 Å². The third-order valence-corrected chi connectivity index (χ3v) is 2.94. The maximum atomic E-state index is 12.6. The molecule has 0 spiro atoms. The zero-order chi connectivity index (χ0) is 16.0. The van der Waals surface area contributed by atoms with Crippen LogP contribution in [0, 0.1) is 10.1 Å². The number of amides is 1. The van der Waals surface area contributed by atoms with Gasteiger partial charge >= 0.3 is 0 Å². The largest absolute Gasteiger partial charge is 0.493 e. The number of aliphatic hydroxyl groups is 1. The van der Waals surface area contributed by atoms with Crippen molar-refractivity contribution in [3.05, 3.63) is 33.9 Å². The summed E-state index contributed by atoms with van der Waals surface area (Å²) in [7, 11) is 0. The minimum atomic E-state index is -0.604. The van der Waals surface area contributed by atoms with Gasteiger partial charge in [-0.05, 0) is 26.8 Å². The molecule has 0 aromatic heterocycles. The van der Waals surface area contributed by atoms with Crippen molar-refractivity contribution in [3.8, 4) is 5.75 Å². The van der Waals surface area contributed by atoms with Gasteiger partial charge in [-0.2, -0.15) is 0 Å².